The molecule has 3 heterocycles. The van der Waals surface area contributed by atoms with E-state index in [1.54, 1.807) is 16.8 Å². The van der Waals surface area contributed by atoms with E-state index in [2.05, 4.69) is 25.7 Å². The van der Waals surface area contributed by atoms with Gasteiger partial charge in [-0.25, -0.2) is 19.0 Å². The summed E-state index contributed by atoms with van der Waals surface area (Å²) in [7, 11) is 0. The summed E-state index contributed by atoms with van der Waals surface area (Å²) in [4.78, 5) is 27.0. The van der Waals surface area contributed by atoms with E-state index in [1.165, 1.54) is 25.0 Å². The van der Waals surface area contributed by atoms with Crippen LogP contribution in [-0.4, -0.2) is 56.7 Å². The van der Waals surface area contributed by atoms with E-state index < -0.39 is 0 Å². The van der Waals surface area contributed by atoms with Crippen LogP contribution in [-0.2, 0) is 4.79 Å². The van der Waals surface area contributed by atoms with Gasteiger partial charge < -0.3 is 9.80 Å². The number of hydrogen-bond donors (Lipinski definition) is 0. The first-order valence-corrected chi connectivity index (χ1v) is 13.5. The number of halogens is 1. The molecule has 1 aliphatic heterocycles. The highest BCUT2D eigenvalue weighted by molar-refractivity contribution is 5.91. The van der Waals surface area contributed by atoms with Gasteiger partial charge in [-0.15, -0.1) is 0 Å². The predicted molar refractivity (Wildman–Crippen MR) is 142 cm³/mol. The molecule has 2 aromatic heterocycles. The van der Waals surface area contributed by atoms with Gasteiger partial charge in [0.15, 0.2) is 5.65 Å². The summed E-state index contributed by atoms with van der Waals surface area (Å²) in [5.74, 6) is 1.88. The molecule has 1 aliphatic rings. The number of amides is 1. The molecule has 1 amide bonds. The number of nitrogens with zero attached hydrogens (tertiary/aromatic N) is 6. The second-order valence-electron chi connectivity index (χ2n) is 9.95. The Morgan fingerprint density at radius 2 is 1.72 bits per heavy atom. The van der Waals surface area contributed by atoms with Crippen LogP contribution in [0.4, 0.5) is 10.2 Å². The van der Waals surface area contributed by atoms with Crippen LogP contribution < -0.4 is 4.90 Å². The summed E-state index contributed by atoms with van der Waals surface area (Å²) in [6, 6.07) is 6.34. The second-order valence-corrected chi connectivity index (χ2v) is 9.95. The highest BCUT2D eigenvalue weighted by atomic mass is 19.1. The first-order valence-electron chi connectivity index (χ1n) is 13.5. The molecular formula is C28H39FN6O. The van der Waals surface area contributed by atoms with Crippen molar-refractivity contribution in [3.8, 4) is 5.69 Å². The van der Waals surface area contributed by atoms with E-state index in [0.717, 1.165) is 72.8 Å². The summed E-state index contributed by atoms with van der Waals surface area (Å²) in [5, 5.41) is 5.71. The van der Waals surface area contributed by atoms with Crippen molar-refractivity contribution in [3.63, 3.8) is 0 Å². The van der Waals surface area contributed by atoms with Gasteiger partial charge in [0, 0.05) is 38.5 Å². The van der Waals surface area contributed by atoms with Gasteiger partial charge in [0.25, 0.3) is 0 Å². The lowest BCUT2D eigenvalue weighted by molar-refractivity contribution is -0.131. The average Bonchev–Trinajstić information content (AvgIpc) is 3.23. The van der Waals surface area contributed by atoms with Crippen LogP contribution in [0.2, 0.25) is 0 Å². The molecule has 3 aromatic rings. The minimum Gasteiger partial charge on any atom is -0.352 e. The van der Waals surface area contributed by atoms with Crippen molar-refractivity contribution < 1.29 is 9.18 Å². The van der Waals surface area contributed by atoms with Crippen LogP contribution in [0.15, 0.2) is 24.3 Å². The Kier molecular flexibility index (Phi) is 8.54. The summed E-state index contributed by atoms with van der Waals surface area (Å²) in [6.45, 7) is 11.3. The number of anilines is 1. The molecule has 0 N–H and O–H groups in total. The standard InChI is InChI=1S/C28H39FN6O/c1-5-7-8-9-11-24(36)33-16-18-34(19-17-33)27-25-21(4)32-35(23-14-12-22(29)13-15-23)28(25)31-26(30-27)20(3)10-6-2/h12-15,20H,5-11,16-19H2,1-4H3/t20-/m0/s1. The lowest BCUT2D eigenvalue weighted by Crippen LogP contribution is -2.49. The van der Waals surface area contributed by atoms with Crippen LogP contribution in [0.5, 0.6) is 0 Å². The third-order valence-corrected chi connectivity index (χ3v) is 7.11. The molecular weight excluding hydrogens is 455 g/mol. The SMILES string of the molecule is CCCCCCC(=O)N1CCN(c2nc([C@@H](C)CCC)nc3c2c(C)nn3-c2ccc(F)cc2)CC1. The number of carbonyl (C=O) groups excluding carboxylic acids is 1. The Hall–Kier alpha value is -3.03. The van der Waals surface area contributed by atoms with Crippen LogP contribution in [0, 0.1) is 12.7 Å². The van der Waals surface area contributed by atoms with Crippen molar-refractivity contribution in [1.29, 1.82) is 0 Å². The van der Waals surface area contributed by atoms with Gasteiger partial charge in [0.2, 0.25) is 5.91 Å². The van der Waals surface area contributed by atoms with E-state index in [1.807, 2.05) is 11.8 Å². The van der Waals surface area contributed by atoms with Crippen LogP contribution >= 0.6 is 0 Å². The lowest BCUT2D eigenvalue weighted by Gasteiger charge is -2.36. The lowest BCUT2D eigenvalue weighted by atomic mass is 10.1. The average molecular weight is 495 g/mol. The van der Waals surface area contributed by atoms with E-state index in [0.29, 0.717) is 19.5 Å². The van der Waals surface area contributed by atoms with Gasteiger partial charge in [0.1, 0.15) is 17.5 Å². The molecule has 1 aromatic carbocycles. The molecule has 4 rings (SSSR count). The molecule has 0 bridgehead atoms. The summed E-state index contributed by atoms with van der Waals surface area (Å²) < 4.78 is 15.4. The van der Waals surface area contributed by atoms with Crippen molar-refractivity contribution in [2.45, 2.75) is 78.6 Å². The van der Waals surface area contributed by atoms with Crippen molar-refractivity contribution >= 4 is 22.8 Å². The van der Waals surface area contributed by atoms with E-state index in [-0.39, 0.29) is 17.6 Å². The fourth-order valence-corrected chi connectivity index (χ4v) is 4.98. The third kappa shape index (κ3) is 5.68. The molecule has 0 spiro atoms. The summed E-state index contributed by atoms with van der Waals surface area (Å²) in [6.07, 6.45) is 7.14. The van der Waals surface area contributed by atoms with Crippen molar-refractivity contribution in [1.82, 2.24) is 24.6 Å². The number of benzene rings is 1. The van der Waals surface area contributed by atoms with Gasteiger partial charge in [-0.05, 0) is 44.0 Å². The molecule has 0 unspecified atom stereocenters. The Morgan fingerprint density at radius 3 is 2.39 bits per heavy atom. The van der Waals surface area contributed by atoms with Crippen LogP contribution in [0.3, 0.4) is 0 Å². The smallest absolute Gasteiger partial charge is 0.222 e. The minimum atomic E-state index is -0.280. The number of aromatic nitrogens is 4. The van der Waals surface area contributed by atoms with Gasteiger partial charge in [0.05, 0.1) is 16.8 Å². The normalized spacial score (nSPS) is 15.0. The largest absolute Gasteiger partial charge is 0.352 e. The first kappa shape index (κ1) is 26.0. The fourth-order valence-electron chi connectivity index (χ4n) is 4.98. The number of fused-ring (bicyclic) bond motifs is 1. The predicted octanol–water partition coefficient (Wildman–Crippen LogP) is 5.79. The molecule has 0 saturated carbocycles. The Labute approximate surface area is 213 Å². The molecule has 1 atom stereocenters. The zero-order valence-electron chi connectivity index (χ0n) is 22.1. The minimum absolute atomic E-state index is 0.209. The molecule has 1 fully saturated rings. The van der Waals surface area contributed by atoms with Crippen molar-refractivity contribution in [3.05, 3.63) is 41.6 Å². The summed E-state index contributed by atoms with van der Waals surface area (Å²) >= 11 is 0. The number of unbranched alkanes of at least 4 members (excludes halogenated alkanes) is 3. The van der Waals surface area contributed by atoms with Crippen molar-refractivity contribution in [2.75, 3.05) is 31.1 Å². The maximum Gasteiger partial charge on any atom is 0.222 e. The van der Waals surface area contributed by atoms with Gasteiger partial charge >= 0.3 is 0 Å². The van der Waals surface area contributed by atoms with Crippen LogP contribution in [0.25, 0.3) is 16.7 Å². The monoisotopic (exact) mass is 494 g/mol. The Bertz CT molecular complexity index is 1170. The number of piperazine rings is 1. The topological polar surface area (TPSA) is 67.2 Å². The van der Waals surface area contributed by atoms with Gasteiger partial charge in [-0.1, -0.05) is 46.5 Å². The Balaban J connectivity index is 1.63. The number of hydrogen-bond acceptors (Lipinski definition) is 5. The summed E-state index contributed by atoms with van der Waals surface area (Å²) in [5.41, 5.74) is 2.36. The number of rotatable bonds is 10. The highest BCUT2D eigenvalue weighted by Gasteiger charge is 2.27. The highest BCUT2D eigenvalue weighted by Crippen LogP contribution is 2.32. The Morgan fingerprint density at radius 1 is 1.00 bits per heavy atom. The molecule has 7 nitrogen and oxygen atoms in total. The zero-order chi connectivity index (χ0) is 25.7. The molecule has 8 heteroatoms. The first-order chi connectivity index (χ1) is 17.4. The fraction of sp³-hybridized carbons (Fsp3) is 0.571. The van der Waals surface area contributed by atoms with Crippen molar-refractivity contribution in [2.24, 2.45) is 0 Å². The molecule has 1 saturated heterocycles. The third-order valence-electron chi connectivity index (χ3n) is 7.11. The number of carbonyl (C=O) groups is 1. The second kappa shape index (κ2) is 11.8. The van der Waals surface area contributed by atoms with E-state index in [9.17, 15) is 9.18 Å². The van der Waals surface area contributed by atoms with E-state index >= 15 is 0 Å². The maximum atomic E-state index is 13.6. The zero-order valence-corrected chi connectivity index (χ0v) is 22.1. The van der Waals surface area contributed by atoms with Gasteiger partial charge in [-0.2, -0.15) is 5.10 Å². The quantitative estimate of drug-likeness (QED) is 0.334. The van der Waals surface area contributed by atoms with Gasteiger partial charge in [-0.3, -0.25) is 4.79 Å². The molecule has 36 heavy (non-hydrogen) atoms. The van der Waals surface area contributed by atoms with Crippen LogP contribution in [0.1, 0.15) is 83.2 Å². The molecule has 0 radical (unpaired) electrons. The molecule has 194 valence electrons. The molecule has 0 aliphatic carbocycles. The number of aryl methyl sites for hydroxylation is 1. The van der Waals surface area contributed by atoms with E-state index in [4.69, 9.17) is 15.1 Å². The maximum absolute atomic E-state index is 13.6.